The van der Waals surface area contributed by atoms with Gasteiger partial charge in [0.15, 0.2) is 5.82 Å². The molecule has 0 bridgehead atoms. The predicted octanol–water partition coefficient (Wildman–Crippen LogP) is 3.27. The maximum atomic E-state index is 13.1. The molecule has 8 heteroatoms. The topological polar surface area (TPSA) is 89.2 Å². The molecule has 0 N–H and O–H groups in total. The lowest BCUT2D eigenvalue weighted by atomic mass is 10.1. The molecule has 3 aromatic rings. The van der Waals surface area contributed by atoms with Crippen LogP contribution in [0.2, 0.25) is 0 Å². The first-order valence-electron chi connectivity index (χ1n) is 8.81. The zero-order valence-corrected chi connectivity index (χ0v) is 16.0. The van der Waals surface area contributed by atoms with Gasteiger partial charge in [-0.2, -0.15) is 4.31 Å². The van der Waals surface area contributed by atoms with Crippen LogP contribution in [0.4, 0.5) is 0 Å². The molecule has 1 aromatic carbocycles. The predicted molar refractivity (Wildman–Crippen MR) is 99.3 cm³/mol. The molecule has 1 aliphatic heterocycles. The minimum absolute atomic E-state index is 0.303. The van der Waals surface area contributed by atoms with Crippen LogP contribution in [-0.4, -0.2) is 34.4 Å². The lowest BCUT2D eigenvalue weighted by Crippen LogP contribution is -2.31. The highest BCUT2D eigenvalue weighted by Crippen LogP contribution is 2.36. The third-order valence-corrected chi connectivity index (χ3v) is 6.75. The molecule has 0 saturated carbocycles. The monoisotopic (exact) mass is 384 g/mol. The summed E-state index contributed by atoms with van der Waals surface area (Å²) in [6, 6.07) is 10.00. The van der Waals surface area contributed by atoms with Crippen molar-refractivity contribution >= 4 is 10.0 Å². The third-order valence-electron chi connectivity index (χ3n) is 4.83. The molecule has 140 valence electrons. The second-order valence-corrected chi connectivity index (χ2v) is 8.48. The van der Waals surface area contributed by atoms with Crippen molar-refractivity contribution in [2.24, 2.45) is 0 Å². The van der Waals surface area contributed by atoms with Crippen molar-refractivity contribution in [1.82, 2.24) is 19.4 Å². The number of benzene rings is 1. The Morgan fingerprint density at radius 1 is 1.15 bits per heavy atom. The van der Waals surface area contributed by atoms with Gasteiger partial charge < -0.3 is 4.52 Å². The Hall–Kier alpha value is -2.58. The fraction of sp³-hybridized carbons (Fsp3) is 0.316. The van der Waals surface area contributed by atoms with Crippen molar-refractivity contribution in [3.05, 3.63) is 59.7 Å². The third kappa shape index (κ3) is 3.15. The summed E-state index contributed by atoms with van der Waals surface area (Å²) >= 11 is 0. The summed E-state index contributed by atoms with van der Waals surface area (Å²) in [6.45, 7) is 4.13. The molecule has 1 atom stereocenters. The maximum Gasteiger partial charge on any atom is 0.243 e. The highest BCUT2D eigenvalue weighted by Gasteiger charge is 2.37. The number of aryl methyl sites for hydroxylation is 2. The summed E-state index contributed by atoms with van der Waals surface area (Å²) < 4.78 is 33.0. The highest BCUT2D eigenvalue weighted by molar-refractivity contribution is 7.89. The molecule has 27 heavy (non-hydrogen) atoms. The van der Waals surface area contributed by atoms with Crippen LogP contribution in [0.3, 0.4) is 0 Å². The van der Waals surface area contributed by atoms with E-state index in [9.17, 15) is 8.42 Å². The van der Waals surface area contributed by atoms with Crippen LogP contribution in [0.1, 0.15) is 36.0 Å². The van der Waals surface area contributed by atoms with Crippen LogP contribution in [0, 0.1) is 13.8 Å². The van der Waals surface area contributed by atoms with Gasteiger partial charge in [0, 0.05) is 12.7 Å². The van der Waals surface area contributed by atoms with Gasteiger partial charge in [-0.25, -0.2) is 18.4 Å². The number of nitrogens with zero attached hydrogens (tertiary/aromatic N) is 4. The molecule has 1 saturated heterocycles. The molecular weight excluding hydrogens is 364 g/mol. The van der Waals surface area contributed by atoms with Gasteiger partial charge in [0.25, 0.3) is 0 Å². The molecule has 0 aliphatic carbocycles. The van der Waals surface area contributed by atoms with E-state index in [1.54, 1.807) is 46.9 Å². The van der Waals surface area contributed by atoms with Gasteiger partial charge in [0.2, 0.25) is 10.0 Å². The molecule has 0 radical (unpaired) electrons. The lowest BCUT2D eigenvalue weighted by molar-refractivity contribution is 0.390. The maximum absolute atomic E-state index is 13.1. The van der Waals surface area contributed by atoms with Crippen LogP contribution in [0.15, 0.2) is 52.0 Å². The fourth-order valence-electron chi connectivity index (χ4n) is 3.53. The summed E-state index contributed by atoms with van der Waals surface area (Å²) in [4.78, 5) is 9.30. The number of aromatic nitrogens is 3. The van der Waals surface area contributed by atoms with Crippen LogP contribution >= 0.6 is 0 Å². The first kappa shape index (κ1) is 17.8. The SMILES string of the molecule is Cc1noc(C)c1-c1nccc([C@@H]2CCCN2S(=O)(=O)c2ccccc2)n1. The Morgan fingerprint density at radius 3 is 2.63 bits per heavy atom. The molecule has 4 rings (SSSR count). The number of rotatable bonds is 4. The molecule has 2 aromatic heterocycles. The molecule has 7 nitrogen and oxygen atoms in total. The standard InChI is InChI=1S/C19H20N4O3S/c1-13-18(14(2)26-22-13)19-20-11-10-16(21-19)17-9-6-12-23(17)27(24,25)15-7-4-3-5-8-15/h3-5,7-8,10-11,17H,6,9,12H2,1-2H3/t17-/m0/s1. The van der Waals surface area contributed by atoms with Crippen LogP contribution in [0.5, 0.6) is 0 Å². The van der Waals surface area contributed by atoms with Crippen molar-refractivity contribution in [3.8, 4) is 11.4 Å². The van der Waals surface area contributed by atoms with E-state index < -0.39 is 10.0 Å². The van der Waals surface area contributed by atoms with E-state index in [4.69, 9.17) is 4.52 Å². The number of sulfonamides is 1. The van der Waals surface area contributed by atoms with E-state index >= 15 is 0 Å². The van der Waals surface area contributed by atoms with E-state index in [1.165, 1.54) is 0 Å². The van der Waals surface area contributed by atoms with Gasteiger partial charge in [-0.15, -0.1) is 0 Å². The summed E-state index contributed by atoms with van der Waals surface area (Å²) in [7, 11) is -3.58. The summed E-state index contributed by atoms with van der Waals surface area (Å²) in [5.41, 5.74) is 2.16. The van der Waals surface area contributed by atoms with Crippen molar-refractivity contribution in [1.29, 1.82) is 0 Å². The fourth-order valence-corrected chi connectivity index (χ4v) is 5.22. The second kappa shape index (κ2) is 6.86. The summed E-state index contributed by atoms with van der Waals surface area (Å²) in [5, 5.41) is 3.95. The minimum atomic E-state index is -3.58. The van der Waals surface area contributed by atoms with Gasteiger partial charge in [-0.1, -0.05) is 23.4 Å². The zero-order chi connectivity index (χ0) is 19.0. The lowest BCUT2D eigenvalue weighted by Gasteiger charge is -2.24. The molecular formula is C19H20N4O3S. The van der Waals surface area contributed by atoms with Crippen molar-refractivity contribution in [2.45, 2.75) is 37.6 Å². The molecule has 1 aliphatic rings. The van der Waals surface area contributed by atoms with Crippen molar-refractivity contribution in [2.75, 3.05) is 6.54 Å². The molecule has 1 fully saturated rings. The Kier molecular flexibility index (Phi) is 4.53. The smallest absolute Gasteiger partial charge is 0.243 e. The van der Waals surface area contributed by atoms with Crippen LogP contribution < -0.4 is 0 Å². The number of hydrogen-bond acceptors (Lipinski definition) is 6. The minimum Gasteiger partial charge on any atom is -0.361 e. The van der Waals surface area contributed by atoms with Crippen molar-refractivity contribution < 1.29 is 12.9 Å². The van der Waals surface area contributed by atoms with E-state index in [1.807, 2.05) is 13.8 Å². The molecule has 3 heterocycles. The summed E-state index contributed by atoms with van der Waals surface area (Å²) in [6.07, 6.45) is 3.18. The Labute approximate surface area is 158 Å². The van der Waals surface area contributed by atoms with Crippen molar-refractivity contribution in [3.63, 3.8) is 0 Å². The first-order chi connectivity index (χ1) is 13.0. The van der Waals surface area contributed by atoms with Gasteiger partial charge in [-0.3, -0.25) is 0 Å². The molecule has 0 unspecified atom stereocenters. The zero-order valence-electron chi connectivity index (χ0n) is 15.2. The molecule has 0 spiro atoms. The Morgan fingerprint density at radius 2 is 1.93 bits per heavy atom. The Balaban J connectivity index is 1.72. The van der Waals surface area contributed by atoms with Gasteiger partial charge in [0.05, 0.1) is 27.9 Å². The van der Waals surface area contributed by atoms with E-state index in [-0.39, 0.29) is 6.04 Å². The van der Waals surface area contributed by atoms with Gasteiger partial charge in [0.1, 0.15) is 5.76 Å². The van der Waals surface area contributed by atoms with Gasteiger partial charge in [-0.05, 0) is 44.9 Å². The van der Waals surface area contributed by atoms with E-state index in [2.05, 4.69) is 15.1 Å². The molecule has 0 amide bonds. The van der Waals surface area contributed by atoms with E-state index in [0.717, 1.165) is 18.4 Å². The quantitative estimate of drug-likeness (QED) is 0.686. The summed E-state index contributed by atoms with van der Waals surface area (Å²) in [5.74, 6) is 1.15. The van der Waals surface area contributed by atoms with E-state index in [0.29, 0.717) is 34.4 Å². The number of hydrogen-bond donors (Lipinski definition) is 0. The Bertz CT molecular complexity index is 1040. The largest absolute Gasteiger partial charge is 0.361 e. The van der Waals surface area contributed by atoms with Gasteiger partial charge >= 0.3 is 0 Å². The van der Waals surface area contributed by atoms with Crippen LogP contribution in [0.25, 0.3) is 11.4 Å². The first-order valence-corrected chi connectivity index (χ1v) is 10.3. The average Bonchev–Trinajstić information content (AvgIpc) is 3.30. The average molecular weight is 384 g/mol. The second-order valence-electron chi connectivity index (χ2n) is 6.59. The van der Waals surface area contributed by atoms with Crippen LogP contribution in [-0.2, 0) is 10.0 Å². The normalized spacial score (nSPS) is 18.1. The highest BCUT2D eigenvalue weighted by atomic mass is 32.2.